The van der Waals surface area contributed by atoms with Crippen LogP contribution < -0.4 is 9.64 Å². The van der Waals surface area contributed by atoms with Crippen LogP contribution in [0.1, 0.15) is 17.5 Å². The molecule has 0 spiro atoms. The molecule has 1 aromatic heterocycles. The Morgan fingerprint density at radius 1 is 1.07 bits per heavy atom. The maximum Gasteiger partial charge on any atom is 0.325 e. The molecule has 3 heterocycles. The predicted octanol–water partition coefficient (Wildman–Crippen LogP) is 2.62. The SMILES string of the molecule is Cc1ccc(N2CCN(CC(=O)N3CC[C@@H](Oc4ccc(C)cn4)C3)C2=O)cc1. The zero-order valence-electron chi connectivity index (χ0n) is 16.9. The first-order valence-corrected chi connectivity index (χ1v) is 10.00. The molecule has 0 N–H and O–H groups in total. The summed E-state index contributed by atoms with van der Waals surface area (Å²) in [6.45, 7) is 6.42. The van der Waals surface area contributed by atoms with E-state index in [-0.39, 0.29) is 24.6 Å². The number of nitrogens with zero attached hydrogens (tertiary/aromatic N) is 4. The standard InChI is InChI=1S/C22H26N4O3/c1-16-3-6-18(7-4-16)26-12-11-25(22(26)28)15-21(27)24-10-9-19(14-24)29-20-8-5-17(2)13-23-20/h3-8,13,19H,9-12,14-15H2,1-2H3/t19-/m1/s1. The van der Waals surface area contributed by atoms with Gasteiger partial charge in [0, 0.05) is 44.0 Å². The largest absolute Gasteiger partial charge is 0.472 e. The summed E-state index contributed by atoms with van der Waals surface area (Å²) in [5, 5.41) is 0. The fraction of sp³-hybridized carbons (Fsp3) is 0.409. The molecule has 2 aliphatic heterocycles. The van der Waals surface area contributed by atoms with E-state index in [9.17, 15) is 9.59 Å². The van der Waals surface area contributed by atoms with Gasteiger partial charge < -0.3 is 14.5 Å². The van der Waals surface area contributed by atoms with Crippen molar-refractivity contribution in [2.45, 2.75) is 26.4 Å². The Balaban J connectivity index is 1.30. The summed E-state index contributed by atoms with van der Waals surface area (Å²) in [6.07, 6.45) is 2.48. The second kappa shape index (κ2) is 8.11. The molecule has 4 rings (SSSR count). The monoisotopic (exact) mass is 394 g/mol. The molecular formula is C22H26N4O3. The summed E-state index contributed by atoms with van der Waals surface area (Å²) in [4.78, 5) is 34.8. The van der Waals surface area contributed by atoms with Crippen molar-refractivity contribution in [1.82, 2.24) is 14.8 Å². The summed E-state index contributed by atoms with van der Waals surface area (Å²) < 4.78 is 5.89. The number of aromatic nitrogens is 1. The molecular weight excluding hydrogens is 368 g/mol. The van der Waals surface area contributed by atoms with Crippen LogP contribution in [-0.4, -0.2) is 65.5 Å². The number of carbonyl (C=O) groups excluding carboxylic acids is 2. The Bertz CT molecular complexity index is 882. The lowest BCUT2D eigenvalue weighted by molar-refractivity contribution is -0.130. The van der Waals surface area contributed by atoms with Gasteiger partial charge in [0.1, 0.15) is 12.6 Å². The van der Waals surface area contributed by atoms with Crippen molar-refractivity contribution in [1.29, 1.82) is 0 Å². The van der Waals surface area contributed by atoms with Gasteiger partial charge in [0.2, 0.25) is 11.8 Å². The second-order valence-corrected chi connectivity index (χ2v) is 7.73. The van der Waals surface area contributed by atoms with Crippen LogP contribution in [0.3, 0.4) is 0 Å². The van der Waals surface area contributed by atoms with Crippen molar-refractivity contribution in [3.05, 3.63) is 53.7 Å². The molecule has 2 saturated heterocycles. The van der Waals surface area contributed by atoms with Crippen LogP contribution in [0.4, 0.5) is 10.5 Å². The van der Waals surface area contributed by atoms with Crippen LogP contribution in [0.15, 0.2) is 42.6 Å². The van der Waals surface area contributed by atoms with E-state index in [0.29, 0.717) is 32.1 Å². The first kappa shape index (κ1) is 19.2. The normalized spacial score (nSPS) is 19.2. The number of amides is 3. The molecule has 2 aromatic rings. The Kier molecular flexibility index (Phi) is 5.38. The fourth-order valence-corrected chi connectivity index (χ4v) is 3.70. The van der Waals surface area contributed by atoms with Crippen molar-refractivity contribution >= 4 is 17.6 Å². The number of pyridine rings is 1. The maximum absolute atomic E-state index is 12.7. The summed E-state index contributed by atoms with van der Waals surface area (Å²) in [5.74, 6) is 0.547. The zero-order chi connectivity index (χ0) is 20.4. The minimum Gasteiger partial charge on any atom is -0.472 e. The number of hydrogen-bond acceptors (Lipinski definition) is 4. The van der Waals surface area contributed by atoms with Gasteiger partial charge in [0.05, 0.1) is 6.54 Å². The minimum atomic E-state index is -0.113. The van der Waals surface area contributed by atoms with E-state index in [0.717, 1.165) is 23.2 Å². The third-order valence-electron chi connectivity index (χ3n) is 5.44. The van der Waals surface area contributed by atoms with Crippen LogP contribution >= 0.6 is 0 Å². The Morgan fingerprint density at radius 2 is 1.83 bits per heavy atom. The van der Waals surface area contributed by atoms with Gasteiger partial charge in [-0.2, -0.15) is 0 Å². The number of hydrogen-bond donors (Lipinski definition) is 0. The lowest BCUT2D eigenvalue weighted by Crippen LogP contribution is -2.42. The van der Waals surface area contributed by atoms with Gasteiger partial charge in [-0.15, -0.1) is 0 Å². The zero-order valence-corrected chi connectivity index (χ0v) is 16.9. The van der Waals surface area contributed by atoms with Gasteiger partial charge >= 0.3 is 6.03 Å². The van der Waals surface area contributed by atoms with E-state index in [1.54, 1.807) is 20.9 Å². The number of carbonyl (C=O) groups is 2. The molecule has 152 valence electrons. The molecule has 7 nitrogen and oxygen atoms in total. The van der Waals surface area contributed by atoms with Crippen molar-refractivity contribution in [2.24, 2.45) is 0 Å². The highest BCUT2D eigenvalue weighted by atomic mass is 16.5. The number of benzene rings is 1. The number of rotatable bonds is 5. The third kappa shape index (κ3) is 4.34. The molecule has 0 bridgehead atoms. The van der Waals surface area contributed by atoms with Crippen LogP contribution in [-0.2, 0) is 4.79 Å². The molecule has 7 heteroatoms. The first-order valence-electron chi connectivity index (χ1n) is 10.00. The van der Waals surface area contributed by atoms with Gasteiger partial charge in [-0.3, -0.25) is 9.69 Å². The lowest BCUT2D eigenvalue weighted by Gasteiger charge is -2.22. The topological polar surface area (TPSA) is 66.0 Å². The highest BCUT2D eigenvalue weighted by molar-refractivity contribution is 5.96. The second-order valence-electron chi connectivity index (χ2n) is 7.73. The number of likely N-dealkylation sites (tertiary alicyclic amines) is 1. The molecule has 2 fully saturated rings. The number of ether oxygens (including phenoxy) is 1. The van der Waals surface area contributed by atoms with Crippen molar-refractivity contribution in [3.63, 3.8) is 0 Å². The summed E-state index contributed by atoms with van der Waals surface area (Å²) >= 11 is 0. The molecule has 0 saturated carbocycles. The fourth-order valence-electron chi connectivity index (χ4n) is 3.70. The van der Waals surface area contributed by atoms with E-state index in [4.69, 9.17) is 4.74 Å². The Hall–Kier alpha value is -3.09. The van der Waals surface area contributed by atoms with Crippen molar-refractivity contribution < 1.29 is 14.3 Å². The van der Waals surface area contributed by atoms with Gasteiger partial charge in [0.15, 0.2) is 0 Å². The first-order chi connectivity index (χ1) is 14.0. The summed E-state index contributed by atoms with van der Waals surface area (Å²) in [6, 6.07) is 11.6. The highest BCUT2D eigenvalue weighted by Gasteiger charge is 2.34. The van der Waals surface area contributed by atoms with E-state index in [2.05, 4.69) is 4.98 Å². The minimum absolute atomic E-state index is 0.0351. The van der Waals surface area contributed by atoms with Crippen LogP contribution in [0, 0.1) is 13.8 Å². The third-order valence-corrected chi connectivity index (χ3v) is 5.44. The van der Waals surface area contributed by atoms with Gasteiger partial charge in [0.25, 0.3) is 0 Å². The van der Waals surface area contributed by atoms with Crippen LogP contribution in [0.2, 0.25) is 0 Å². The van der Waals surface area contributed by atoms with Gasteiger partial charge in [-0.05, 0) is 31.5 Å². The van der Waals surface area contributed by atoms with Gasteiger partial charge in [-0.1, -0.05) is 23.8 Å². The molecule has 0 unspecified atom stereocenters. The summed E-state index contributed by atoms with van der Waals surface area (Å²) in [7, 11) is 0. The summed E-state index contributed by atoms with van der Waals surface area (Å²) in [5.41, 5.74) is 3.10. The maximum atomic E-state index is 12.7. The quantitative estimate of drug-likeness (QED) is 0.782. The van der Waals surface area contributed by atoms with Crippen molar-refractivity contribution in [2.75, 3.05) is 37.6 Å². The van der Waals surface area contributed by atoms with Gasteiger partial charge in [-0.25, -0.2) is 9.78 Å². The average molecular weight is 394 g/mol. The predicted molar refractivity (Wildman–Crippen MR) is 110 cm³/mol. The molecule has 0 aliphatic carbocycles. The van der Waals surface area contributed by atoms with E-state index in [1.165, 1.54) is 0 Å². The van der Waals surface area contributed by atoms with E-state index < -0.39 is 0 Å². The lowest BCUT2D eigenvalue weighted by atomic mass is 10.2. The van der Waals surface area contributed by atoms with E-state index in [1.807, 2.05) is 50.2 Å². The molecule has 29 heavy (non-hydrogen) atoms. The molecule has 1 aromatic carbocycles. The van der Waals surface area contributed by atoms with Crippen LogP contribution in [0.5, 0.6) is 5.88 Å². The Labute approximate surface area is 170 Å². The average Bonchev–Trinajstić information content (AvgIpc) is 3.32. The number of urea groups is 1. The molecule has 1 atom stereocenters. The molecule has 2 aliphatic rings. The smallest absolute Gasteiger partial charge is 0.325 e. The highest BCUT2D eigenvalue weighted by Crippen LogP contribution is 2.22. The number of anilines is 1. The number of aryl methyl sites for hydroxylation is 2. The van der Waals surface area contributed by atoms with Crippen molar-refractivity contribution in [3.8, 4) is 5.88 Å². The Morgan fingerprint density at radius 3 is 2.55 bits per heavy atom. The molecule has 3 amide bonds. The van der Waals surface area contributed by atoms with E-state index >= 15 is 0 Å². The molecule has 0 radical (unpaired) electrons. The van der Waals surface area contributed by atoms with Crippen LogP contribution in [0.25, 0.3) is 0 Å².